The number of fused-ring (bicyclic) bond motifs is 1. The summed E-state index contributed by atoms with van der Waals surface area (Å²) in [7, 11) is -3.64. The maximum Gasteiger partial charge on any atom is 0.344 e. The van der Waals surface area contributed by atoms with Crippen LogP contribution in [0.3, 0.4) is 0 Å². The van der Waals surface area contributed by atoms with E-state index in [0.29, 0.717) is 11.3 Å². The molecule has 1 aliphatic carbocycles. The minimum atomic E-state index is -3.64. The maximum atomic E-state index is 11.2. The Balaban J connectivity index is 2.63. The van der Waals surface area contributed by atoms with Crippen LogP contribution in [0.15, 0.2) is 26.2 Å². The molecule has 0 fully saturated rings. The number of allylic oxidation sites excluding steroid dienone is 2. The second-order valence-electron chi connectivity index (χ2n) is 2.99. The molecule has 0 radical (unpaired) electrons. The molecule has 1 aliphatic heterocycles. The van der Waals surface area contributed by atoms with Crippen LogP contribution in [0.2, 0.25) is 0 Å². The van der Waals surface area contributed by atoms with Gasteiger partial charge in [-0.15, -0.1) is 4.40 Å². The molecule has 0 amide bonds. The summed E-state index contributed by atoms with van der Waals surface area (Å²) in [6, 6.07) is 0. The highest BCUT2D eigenvalue weighted by Crippen LogP contribution is 2.30. The molecule has 2 rings (SSSR count). The Kier molecular flexibility index (Phi) is 2.15. The third-order valence-electron chi connectivity index (χ3n) is 1.97. The molecule has 0 saturated heterocycles. The Morgan fingerprint density at radius 1 is 1.57 bits per heavy atom. The zero-order valence-corrected chi connectivity index (χ0v) is 9.52. The smallest absolute Gasteiger partial charge is 0.344 e. The molecule has 0 spiro atoms. The molecule has 14 heavy (non-hydrogen) atoms. The largest absolute Gasteiger partial charge is 0.382 e. The van der Waals surface area contributed by atoms with Crippen LogP contribution >= 0.6 is 15.9 Å². The highest BCUT2D eigenvalue weighted by atomic mass is 79.9. The molecule has 5 nitrogen and oxygen atoms in total. The van der Waals surface area contributed by atoms with Crippen molar-refractivity contribution < 1.29 is 8.42 Å². The van der Waals surface area contributed by atoms with Crippen molar-refractivity contribution in [2.45, 2.75) is 12.8 Å². The van der Waals surface area contributed by atoms with Gasteiger partial charge in [0.25, 0.3) is 0 Å². The minimum absolute atomic E-state index is 0.0431. The Bertz CT molecular complexity index is 475. The van der Waals surface area contributed by atoms with E-state index in [2.05, 4.69) is 25.0 Å². The van der Waals surface area contributed by atoms with Crippen LogP contribution in [0.4, 0.5) is 0 Å². The molecular formula is C7H8BrN3O2S. The summed E-state index contributed by atoms with van der Waals surface area (Å²) in [5.41, 5.74) is 6.74. The van der Waals surface area contributed by atoms with Crippen LogP contribution in [0.1, 0.15) is 12.8 Å². The summed E-state index contributed by atoms with van der Waals surface area (Å²) in [5, 5.41) is 0. The van der Waals surface area contributed by atoms with Gasteiger partial charge in [-0.1, -0.05) is 22.0 Å². The number of hydrogen-bond acceptors (Lipinski definition) is 3. The summed E-state index contributed by atoms with van der Waals surface area (Å²) in [5.74, 6) is 0.0431. The van der Waals surface area contributed by atoms with Crippen molar-refractivity contribution in [3.63, 3.8) is 0 Å². The fraction of sp³-hybridized carbons (Fsp3) is 0.286. The molecule has 7 heteroatoms. The summed E-state index contributed by atoms with van der Waals surface area (Å²) in [4.78, 5) is 0. The van der Waals surface area contributed by atoms with Crippen LogP contribution in [-0.2, 0) is 10.2 Å². The first-order chi connectivity index (χ1) is 6.49. The van der Waals surface area contributed by atoms with E-state index >= 15 is 0 Å². The van der Waals surface area contributed by atoms with E-state index in [-0.39, 0.29) is 5.84 Å². The molecule has 0 unspecified atom stereocenters. The van der Waals surface area contributed by atoms with Gasteiger partial charge in [0.05, 0.1) is 11.3 Å². The van der Waals surface area contributed by atoms with Gasteiger partial charge in [0.1, 0.15) is 5.84 Å². The molecule has 0 bridgehead atoms. The lowest BCUT2D eigenvalue weighted by Crippen LogP contribution is -2.35. The van der Waals surface area contributed by atoms with Crippen molar-refractivity contribution in [1.82, 2.24) is 4.72 Å². The molecular weight excluding hydrogens is 270 g/mol. The van der Waals surface area contributed by atoms with Gasteiger partial charge >= 0.3 is 10.2 Å². The second kappa shape index (κ2) is 3.09. The van der Waals surface area contributed by atoms with E-state index in [0.717, 1.165) is 17.3 Å². The zero-order chi connectivity index (χ0) is 10.3. The minimum Gasteiger partial charge on any atom is -0.382 e. The van der Waals surface area contributed by atoms with Crippen molar-refractivity contribution in [2.24, 2.45) is 10.1 Å². The third-order valence-corrected chi connectivity index (χ3v) is 3.67. The van der Waals surface area contributed by atoms with Crippen LogP contribution in [0.5, 0.6) is 0 Å². The molecule has 0 aromatic heterocycles. The second-order valence-corrected chi connectivity index (χ2v) is 5.28. The molecule has 2 aliphatic rings. The molecule has 0 aromatic rings. The number of rotatable bonds is 0. The fourth-order valence-electron chi connectivity index (χ4n) is 1.42. The van der Waals surface area contributed by atoms with Crippen molar-refractivity contribution in [3.05, 3.63) is 21.8 Å². The monoisotopic (exact) mass is 277 g/mol. The van der Waals surface area contributed by atoms with E-state index in [9.17, 15) is 8.42 Å². The molecule has 0 aromatic carbocycles. The van der Waals surface area contributed by atoms with Crippen LogP contribution in [0, 0.1) is 0 Å². The van der Waals surface area contributed by atoms with Crippen LogP contribution in [0.25, 0.3) is 0 Å². The molecule has 3 N–H and O–H groups in total. The van der Waals surface area contributed by atoms with Crippen LogP contribution < -0.4 is 10.5 Å². The lowest BCUT2D eigenvalue weighted by Gasteiger charge is -2.22. The zero-order valence-electron chi connectivity index (χ0n) is 7.12. The fourth-order valence-corrected chi connectivity index (χ4v) is 2.93. The van der Waals surface area contributed by atoms with Crippen LogP contribution in [-0.4, -0.2) is 14.3 Å². The lowest BCUT2D eigenvalue weighted by molar-refractivity contribution is 0.589. The Labute approximate surface area is 90.1 Å². The Morgan fingerprint density at radius 2 is 2.29 bits per heavy atom. The van der Waals surface area contributed by atoms with Gasteiger partial charge in [0.2, 0.25) is 0 Å². The topological polar surface area (TPSA) is 84.5 Å². The Hall–Kier alpha value is -0.820. The van der Waals surface area contributed by atoms with Gasteiger partial charge in [-0.25, -0.2) is 0 Å². The van der Waals surface area contributed by atoms with E-state index in [1.54, 1.807) is 6.08 Å². The average molecular weight is 278 g/mol. The predicted octanol–water partition coefficient (Wildman–Crippen LogP) is 0.518. The molecule has 1 heterocycles. The van der Waals surface area contributed by atoms with Crippen molar-refractivity contribution in [2.75, 3.05) is 0 Å². The normalized spacial score (nSPS) is 24.6. The van der Waals surface area contributed by atoms with Gasteiger partial charge in [0, 0.05) is 4.48 Å². The summed E-state index contributed by atoms with van der Waals surface area (Å²) in [6.07, 6.45) is 3.41. The first-order valence-corrected chi connectivity index (χ1v) is 6.20. The number of nitrogens with two attached hydrogens (primary N) is 1. The highest BCUT2D eigenvalue weighted by Gasteiger charge is 2.27. The van der Waals surface area contributed by atoms with E-state index in [4.69, 9.17) is 5.73 Å². The number of nitrogens with zero attached hydrogens (tertiary/aromatic N) is 1. The quantitative estimate of drug-likeness (QED) is 0.677. The number of amidine groups is 1. The maximum absolute atomic E-state index is 11.2. The van der Waals surface area contributed by atoms with Gasteiger partial charge < -0.3 is 5.73 Å². The summed E-state index contributed by atoms with van der Waals surface area (Å²) in [6.45, 7) is 0. The van der Waals surface area contributed by atoms with Crippen molar-refractivity contribution >= 4 is 32.0 Å². The first-order valence-electron chi connectivity index (χ1n) is 3.97. The van der Waals surface area contributed by atoms with Crippen molar-refractivity contribution in [1.29, 1.82) is 0 Å². The summed E-state index contributed by atoms with van der Waals surface area (Å²) < 4.78 is 28.9. The van der Waals surface area contributed by atoms with Gasteiger partial charge in [-0.3, -0.25) is 4.72 Å². The molecule has 0 saturated carbocycles. The summed E-state index contributed by atoms with van der Waals surface area (Å²) >= 11 is 3.35. The third kappa shape index (κ3) is 1.57. The molecule has 0 atom stereocenters. The standard InChI is InChI=1S/C7H8BrN3O2S/c8-4-2-1-3-5-6(4)7(9)11-14(12,13)10-5/h3,10H,1-2H2,(H2,9,11). The van der Waals surface area contributed by atoms with E-state index < -0.39 is 10.2 Å². The number of halogens is 1. The van der Waals surface area contributed by atoms with E-state index in [1.165, 1.54) is 0 Å². The Morgan fingerprint density at radius 3 is 3.00 bits per heavy atom. The number of nitrogens with one attached hydrogen (secondary N) is 1. The predicted molar refractivity (Wildman–Crippen MR) is 56.9 cm³/mol. The molecule has 76 valence electrons. The highest BCUT2D eigenvalue weighted by molar-refractivity contribution is 9.11. The number of hydrogen-bond donors (Lipinski definition) is 2. The first kappa shape index (κ1) is 9.72. The van der Waals surface area contributed by atoms with Gasteiger partial charge in [0.15, 0.2) is 0 Å². The van der Waals surface area contributed by atoms with Gasteiger partial charge in [-0.05, 0) is 12.8 Å². The van der Waals surface area contributed by atoms with Crippen molar-refractivity contribution in [3.8, 4) is 0 Å². The SMILES string of the molecule is NC1=NS(=O)(=O)NC2=CCCC(Br)=C21. The van der Waals surface area contributed by atoms with E-state index in [1.807, 2.05) is 0 Å². The van der Waals surface area contributed by atoms with Gasteiger partial charge in [-0.2, -0.15) is 8.42 Å². The lowest BCUT2D eigenvalue weighted by atomic mass is 10.0. The average Bonchev–Trinajstić information content (AvgIpc) is 2.00.